The molecule has 0 saturated carbocycles. The Balaban J connectivity index is 2.28. The number of benzene rings is 1. The number of hydrogen-bond donors (Lipinski definition) is 2. The second-order valence-electron chi connectivity index (χ2n) is 4.36. The van der Waals surface area contributed by atoms with Gasteiger partial charge in [-0.15, -0.1) is 0 Å². The van der Waals surface area contributed by atoms with Crippen LogP contribution in [0.3, 0.4) is 0 Å². The van der Waals surface area contributed by atoms with Gasteiger partial charge >= 0.3 is 0 Å². The van der Waals surface area contributed by atoms with Gasteiger partial charge in [0.15, 0.2) is 11.5 Å². The summed E-state index contributed by atoms with van der Waals surface area (Å²) in [6.45, 7) is 2.38. The van der Waals surface area contributed by atoms with Crippen LogP contribution in [0.5, 0.6) is 11.5 Å². The van der Waals surface area contributed by atoms with Gasteiger partial charge in [0.1, 0.15) is 0 Å². The number of nitrogens with one attached hydrogen (secondary N) is 1. The third-order valence-electron chi connectivity index (χ3n) is 2.66. The highest BCUT2D eigenvalue weighted by Crippen LogP contribution is 2.31. The molecule has 106 valence electrons. The first-order chi connectivity index (χ1) is 9.03. The second kappa shape index (κ2) is 5.77. The van der Waals surface area contributed by atoms with Gasteiger partial charge in [-0.3, -0.25) is 0 Å². The van der Waals surface area contributed by atoms with Gasteiger partial charge in [-0.1, -0.05) is 0 Å². The third kappa shape index (κ3) is 3.37. The van der Waals surface area contributed by atoms with E-state index in [1.165, 1.54) is 12.1 Å². The molecule has 7 heteroatoms. The van der Waals surface area contributed by atoms with Crippen molar-refractivity contribution in [2.45, 2.75) is 24.3 Å². The van der Waals surface area contributed by atoms with Crippen molar-refractivity contribution in [3.05, 3.63) is 18.2 Å². The van der Waals surface area contributed by atoms with Crippen LogP contribution in [0.4, 0.5) is 0 Å². The topological polar surface area (TPSA) is 84.9 Å². The quantitative estimate of drug-likeness (QED) is 0.842. The highest BCUT2D eigenvalue weighted by molar-refractivity contribution is 7.89. The van der Waals surface area contributed by atoms with E-state index in [1.54, 1.807) is 13.0 Å². The summed E-state index contributed by atoms with van der Waals surface area (Å²) in [5.74, 6) is 0.976. The van der Waals surface area contributed by atoms with E-state index in [4.69, 9.17) is 14.6 Å². The Morgan fingerprint density at radius 1 is 1.32 bits per heavy atom. The van der Waals surface area contributed by atoms with Crippen LogP contribution in [-0.2, 0) is 10.0 Å². The number of fused-ring (bicyclic) bond motifs is 1. The van der Waals surface area contributed by atoms with Crippen LogP contribution in [0.1, 0.15) is 13.3 Å². The first kappa shape index (κ1) is 14.1. The van der Waals surface area contributed by atoms with E-state index in [0.29, 0.717) is 24.7 Å². The van der Waals surface area contributed by atoms with Crippen molar-refractivity contribution < 1.29 is 23.0 Å². The molecule has 0 aromatic heterocycles. The molecule has 0 bridgehead atoms. The minimum Gasteiger partial charge on any atom is -0.490 e. The second-order valence-corrected chi connectivity index (χ2v) is 6.08. The molecule has 0 saturated heterocycles. The molecule has 1 aliphatic heterocycles. The lowest BCUT2D eigenvalue weighted by Crippen LogP contribution is -2.34. The Labute approximate surface area is 112 Å². The maximum Gasteiger partial charge on any atom is 0.241 e. The zero-order valence-corrected chi connectivity index (χ0v) is 11.4. The lowest BCUT2D eigenvalue weighted by atomic mass is 10.3. The molecule has 0 unspecified atom stereocenters. The molecule has 0 fully saturated rings. The fraction of sp³-hybridized carbons (Fsp3) is 0.500. The predicted octanol–water partition coefficient (Wildman–Crippen LogP) is 0.507. The fourth-order valence-corrected chi connectivity index (χ4v) is 2.93. The minimum absolute atomic E-state index is 0.0945. The summed E-state index contributed by atoms with van der Waals surface area (Å²) >= 11 is 0. The monoisotopic (exact) mass is 287 g/mol. The molecule has 1 aromatic rings. The van der Waals surface area contributed by atoms with E-state index in [-0.39, 0.29) is 11.5 Å². The Morgan fingerprint density at radius 3 is 2.68 bits per heavy atom. The minimum atomic E-state index is -3.66. The van der Waals surface area contributed by atoms with Gasteiger partial charge in [-0.2, -0.15) is 0 Å². The van der Waals surface area contributed by atoms with Crippen LogP contribution in [0.15, 0.2) is 23.1 Å². The molecule has 0 amide bonds. The molecule has 19 heavy (non-hydrogen) atoms. The molecule has 1 aromatic carbocycles. The molecule has 0 spiro atoms. The zero-order chi connectivity index (χ0) is 13.9. The smallest absolute Gasteiger partial charge is 0.241 e. The van der Waals surface area contributed by atoms with E-state index in [2.05, 4.69) is 4.72 Å². The van der Waals surface area contributed by atoms with E-state index in [1.807, 2.05) is 0 Å². The summed E-state index contributed by atoms with van der Waals surface area (Å²) in [4.78, 5) is 0.0945. The zero-order valence-electron chi connectivity index (χ0n) is 10.6. The number of aliphatic hydroxyl groups is 1. The normalized spacial score (nSPS) is 16.7. The van der Waals surface area contributed by atoms with Gasteiger partial charge in [0, 0.05) is 18.5 Å². The first-order valence-corrected chi connectivity index (χ1v) is 7.54. The SMILES string of the molecule is C[C@@H](CO)NS(=O)(=O)c1ccc2c(c1)OCCCO2. The fourth-order valence-electron chi connectivity index (χ4n) is 1.68. The van der Waals surface area contributed by atoms with Gasteiger partial charge in [0.05, 0.1) is 24.7 Å². The highest BCUT2D eigenvalue weighted by atomic mass is 32.2. The third-order valence-corrected chi connectivity index (χ3v) is 4.25. The van der Waals surface area contributed by atoms with Crippen molar-refractivity contribution in [3.8, 4) is 11.5 Å². The van der Waals surface area contributed by atoms with Gasteiger partial charge < -0.3 is 14.6 Å². The standard InChI is InChI=1S/C12H17NO5S/c1-9(8-14)13-19(15,16)10-3-4-11-12(7-10)18-6-2-5-17-11/h3-4,7,9,13-14H,2,5-6,8H2,1H3/t9-/m0/s1. The summed E-state index contributed by atoms with van der Waals surface area (Å²) in [6, 6.07) is 3.94. The van der Waals surface area contributed by atoms with Crippen molar-refractivity contribution in [2.24, 2.45) is 0 Å². The average Bonchev–Trinajstić information content (AvgIpc) is 2.62. The lowest BCUT2D eigenvalue weighted by Gasteiger charge is -2.13. The summed E-state index contributed by atoms with van der Waals surface area (Å²) in [5.41, 5.74) is 0. The molecule has 1 aliphatic rings. The van der Waals surface area contributed by atoms with Crippen molar-refractivity contribution in [1.29, 1.82) is 0 Å². The Hall–Kier alpha value is -1.31. The molecular formula is C12H17NO5S. The molecule has 0 radical (unpaired) electrons. The van der Waals surface area contributed by atoms with Gasteiger partial charge in [0.25, 0.3) is 0 Å². The van der Waals surface area contributed by atoms with Crippen molar-refractivity contribution in [2.75, 3.05) is 19.8 Å². The molecular weight excluding hydrogens is 270 g/mol. The molecule has 0 aliphatic carbocycles. The Kier molecular flexibility index (Phi) is 4.28. The maximum atomic E-state index is 12.1. The highest BCUT2D eigenvalue weighted by Gasteiger charge is 2.20. The maximum absolute atomic E-state index is 12.1. The van der Waals surface area contributed by atoms with E-state index < -0.39 is 16.1 Å². The number of hydrogen-bond acceptors (Lipinski definition) is 5. The Bertz CT molecular complexity index is 543. The van der Waals surface area contributed by atoms with Crippen LogP contribution in [0, 0.1) is 0 Å². The molecule has 6 nitrogen and oxygen atoms in total. The first-order valence-electron chi connectivity index (χ1n) is 6.06. The predicted molar refractivity (Wildman–Crippen MR) is 68.9 cm³/mol. The summed E-state index contributed by atoms with van der Waals surface area (Å²) in [5, 5.41) is 8.90. The number of ether oxygens (including phenoxy) is 2. The molecule has 2 rings (SSSR count). The van der Waals surface area contributed by atoms with Crippen molar-refractivity contribution >= 4 is 10.0 Å². The van der Waals surface area contributed by atoms with Crippen molar-refractivity contribution in [3.63, 3.8) is 0 Å². The molecule has 1 heterocycles. The van der Waals surface area contributed by atoms with Crippen LogP contribution in [0.25, 0.3) is 0 Å². The average molecular weight is 287 g/mol. The van der Waals surface area contributed by atoms with Crippen LogP contribution in [-0.4, -0.2) is 39.4 Å². The van der Waals surface area contributed by atoms with Crippen molar-refractivity contribution in [1.82, 2.24) is 4.72 Å². The number of sulfonamides is 1. The van der Waals surface area contributed by atoms with Crippen LogP contribution >= 0.6 is 0 Å². The Morgan fingerprint density at radius 2 is 2.00 bits per heavy atom. The van der Waals surface area contributed by atoms with Gasteiger partial charge in [-0.25, -0.2) is 13.1 Å². The number of rotatable bonds is 4. The van der Waals surface area contributed by atoms with Gasteiger partial charge in [0.2, 0.25) is 10.0 Å². The van der Waals surface area contributed by atoms with E-state index in [9.17, 15) is 8.42 Å². The molecule has 1 atom stereocenters. The van der Waals surface area contributed by atoms with Gasteiger partial charge in [-0.05, 0) is 19.1 Å². The van der Waals surface area contributed by atoms with E-state index in [0.717, 1.165) is 6.42 Å². The summed E-state index contributed by atoms with van der Waals surface area (Å²) in [7, 11) is -3.66. The van der Waals surface area contributed by atoms with Crippen LogP contribution in [0.2, 0.25) is 0 Å². The lowest BCUT2D eigenvalue weighted by molar-refractivity contribution is 0.265. The van der Waals surface area contributed by atoms with Crippen LogP contribution < -0.4 is 14.2 Å². The summed E-state index contributed by atoms with van der Waals surface area (Å²) in [6.07, 6.45) is 0.760. The largest absolute Gasteiger partial charge is 0.490 e. The summed E-state index contributed by atoms with van der Waals surface area (Å²) < 4.78 is 37.4. The van der Waals surface area contributed by atoms with E-state index >= 15 is 0 Å². The number of aliphatic hydroxyl groups excluding tert-OH is 1. The molecule has 2 N–H and O–H groups in total.